The van der Waals surface area contributed by atoms with E-state index in [-0.39, 0.29) is 11.9 Å². The monoisotopic (exact) mass is 357 g/mol. The van der Waals surface area contributed by atoms with E-state index in [1.54, 1.807) is 4.90 Å². The number of fused-ring (bicyclic) bond motifs is 1. The Hall–Kier alpha value is -1.10. The van der Waals surface area contributed by atoms with Crippen molar-refractivity contribution in [3.8, 4) is 0 Å². The highest BCUT2D eigenvalue weighted by molar-refractivity contribution is 9.08. The van der Waals surface area contributed by atoms with Crippen LogP contribution in [0.4, 0.5) is 9.18 Å². The number of hydrogen-bond donors (Lipinski definition) is 0. The molecule has 1 amide bonds. The van der Waals surface area contributed by atoms with Crippen LogP contribution >= 0.6 is 15.9 Å². The molecule has 21 heavy (non-hydrogen) atoms. The van der Waals surface area contributed by atoms with E-state index in [9.17, 15) is 9.18 Å². The van der Waals surface area contributed by atoms with Crippen LogP contribution < -0.4 is 0 Å². The lowest BCUT2D eigenvalue weighted by Crippen LogP contribution is -2.40. The van der Waals surface area contributed by atoms with E-state index >= 15 is 0 Å². The number of aryl methyl sites for hydroxylation is 1. The van der Waals surface area contributed by atoms with E-state index in [0.717, 1.165) is 16.7 Å². The van der Waals surface area contributed by atoms with Crippen LogP contribution in [0.15, 0.2) is 6.07 Å². The van der Waals surface area contributed by atoms with Crippen molar-refractivity contribution in [3.63, 3.8) is 0 Å². The number of nitrogens with zero attached hydrogens (tertiary/aromatic N) is 1. The number of rotatable bonds is 1. The topological polar surface area (TPSA) is 29.5 Å². The van der Waals surface area contributed by atoms with Crippen molar-refractivity contribution >= 4 is 22.0 Å². The van der Waals surface area contributed by atoms with Crippen LogP contribution in [0.25, 0.3) is 0 Å². The number of hydrogen-bond acceptors (Lipinski definition) is 2. The van der Waals surface area contributed by atoms with E-state index < -0.39 is 5.60 Å². The number of carbonyl (C=O) groups is 1. The Labute approximate surface area is 133 Å². The molecule has 1 aliphatic rings. The summed E-state index contributed by atoms with van der Waals surface area (Å²) in [4.78, 5) is 13.8. The molecule has 2 rings (SSSR count). The molecule has 0 spiro atoms. The third kappa shape index (κ3) is 3.57. The third-order valence-electron chi connectivity index (χ3n) is 3.55. The summed E-state index contributed by atoms with van der Waals surface area (Å²) in [5.74, 6) is -0.142. The van der Waals surface area contributed by atoms with Crippen LogP contribution in [0.2, 0.25) is 0 Å². The minimum atomic E-state index is -0.516. The van der Waals surface area contributed by atoms with Gasteiger partial charge in [-0.15, -0.1) is 0 Å². The molecule has 1 aliphatic heterocycles. The van der Waals surface area contributed by atoms with Gasteiger partial charge in [0, 0.05) is 18.4 Å². The number of carbonyl (C=O) groups excluding carboxylic acids is 1. The minimum absolute atomic E-state index is 0.142. The molecular formula is C16H21BrFNO2. The number of benzene rings is 1. The first-order chi connectivity index (χ1) is 9.73. The number of ether oxygens (including phenoxy) is 1. The fraction of sp³-hybridized carbons (Fsp3) is 0.562. The highest BCUT2D eigenvalue weighted by Crippen LogP contribution is 2.29. The van der Waals surface area contributed by atoms with E-state index in [0.29, 0.717) is 30.4 Å². The maximum atomic E-state index is 14.4. The van der Waals surface area contributed by atoms with Gasteiger partial charge in [-0.25, -0.2) is 9.18 Å². The molecule has 0 bridgehead atoms. The summed E-state index contributed by atoms with van der Waals surface area (Å²) >= 11 is 3.31. The normalized spacial score (nSPS) is 14.9. The van der Waals surface area contributed by atoms with Gasteiger partial charge in [0.1, 0.15) is 11.4 Å². The maximum Gasteiger partial charge on any atom is 0.410 e. The highest BCUT2D eigenvalue weighted by atomic mass is 79.9. The fourth-order valence-electron chi connectivity index (χ4n) is 2.55. The third-order valence-corrected chi connectivity index (χ3v) is 4.16. The Morgan fingerprint density at radius 2 is 2.10 bits per heavy atom. The molecule has 1 aromatic rings. The lowest BCUT2D eigenvalue weighted by Gasteiger charge is -2.32. The van der Waals surface area contributed by atoms with Crippen LogP contribution in [0, 0.1) is 12.7 Å². The number of alkyl halides is 1. The Balaban J connectivity index is 2.25. The Kier molecular flexibility index (Phi) is 4.61. The second-order valence-corrected chi connectivity index (χ2v) is 6.97. The predicted octanol–water partition coefficient (Wildman–Crippen LogP) is 4.32. The van der Waals surface area contributed by atoms with Crippen LogP contribution in [0.1, 0.15) is 43.0 Å². The van der Waals surface area contributed by atoms with Crippen LogP contribution in [0.3, 0.4) is 0 Å². The van der Waals surface area contributed by atoms with Crippen LogP contribution in [-0.4, -0.2) is 23.1 Å². The summed E-state index contributed by atoms with van der Waals surface area (Å²) in [6.45, 7) is 8.39. The van der Waals surface area contributed by atoms with Crippen LogP contribution in [0.5, 0.6) is 0 Å². The smallest absolute Gasteiger partial charge is 0.410 e. The minimum Gasteiger partial charge on any atom is -0.444 e. The van der Waals surface area contributed by atoms with Gasteiger partial charge in [0.2, 0.25) is 0 Å². The van der Waals surface area contributed by atoms with Gasteiger partial charge in [-0.3, -0.25) is 0 Å². The van der Waals surface area contributed by atoms with E-state index in [4.69, 9.17) is 4.74 Å². The Bertz CT molecular complexity index is 566. The molecule has 0 atom stereocenters. The summed E-state index contributed by atoms with van der Waals surface area (Å²) in [7, 11) is 0. The standard InChI is InChI=1S/C16H21BrFNO2/c1-10-7-11(8-17)14(18)12-5-6-19(9-13(10)12)15(20)21-16(2,3)4/h7H,5-6,8-9H2,1-4H3. The second kappa shape index (κ2) is 5.95. The van der Waals surface area contributed by atoms with Crippen molar-refractivity contribution in [2.75, 3.05) is 6.54 Å². The van der Waals surface area contributed by atoms with Crippen molar-refractivity contribution in [3.05, 3.63) is 34.1 Å². The summed E-state index contributed by atoms with van der Waals surface area (Å²) in [5.41, 5.74) is 2.84. The predicted molar refractivity (Wildman–Crippen MR) is 84.1 cm³/mol. The molecule has 0 saturated heterocycles. The van der Waals surface area contributed by atoms with Gasteiger partial charge in [0.05, 0.1) is 0 Å². The summed E-state index contributed by atoms with van der Waals surface area (Å²) in [6.07, 6.45) is 0.194. The second-order valence-electron chi connectivity index (χ2n) is 6.41. The van der Waals surface area contributed by atoms with Gasteiger partial charge in [-0.1, -0.05) is 22.0 Å². The molecule has 1 heterocycles. The molecule has 0 radical (unpaired) electrons. The zero-order chi connectivity index (χ0) is 15.8. The first kappa shape index (κ1) is 16.3. The molecule has 0 fully saturated rings. The first-order valence-corrected chi connectivity index (χ1v) is 8.18. The van der Waals surface area contributed by atoms with Gasteiger partial charge in [-0.2, -0.15) is 0 Å². The van der Waals surface area contributed by atoms with Gasteiger partial charge in [-0.05, 0) is 56.4 Å². The average Bonchev–Trinajstić information content (AvgIpc) is 2.40. The molecule has 0 N–H and O–H groups in total. The fourth-order valence-corrected chi connectivity index (χ4v) is 2.96. The largest absolute Gasteiger partial charge is 0.444 e. The van der Waals surface area contributed by atoms with Crippen molar-refractivity contribution in [1.29, 1.82) is 0 Å². The molecule has 0 saturated carbocycles. The summed E-state index contributed by atoms with van der Waals surface area (Å²) in [5, 5.41) is 0.503. The zero-order valence-corrected chi connectivity index (χ0v) is 14.5. The lowest BCUT2D eigenvalue weighted by molar-refractivity contribution is 0.0222. The maximum absolute atomic E-state index is 14.4. The molecule has 0 aliphatic carbocycles. The van der Waals surface area contributed by atoms with Crippen LogP contribution in [-0.2, 0) is 23.0 Å². The molecule has 0 aromatic heterocycles. The van der Waals surface area contributed by atoms with Gasteiger partial charge in [0.15, 0.2) is 0 Å². The SMILES string of the molecule is Cc1cc(CBr)c(F)c2c1CN(C(=O)OC(C)(C)C)CC2. The molecule has 5 heteroatoms. The molecule has 3 nitrogen and oxygen atoms in total. The molecule has 116 valence electrons. The van der Waals surface area contributed by atoms with Crippen molar-refractivity contribution in [2.45, 2.75) is 51.6 Å². The Morgan fingerprint density at radius 1 is 1.43 bits per heavy atom. The summed E-state index contributed by atoms with van der Waals surface area (Å²) < 4.78 is 19.8. The Morgan fingerprint density at radius 3 is 2.67 bits per heavy atom. The quantitative estimate of drug-likeness (QED) is 0.700. The van der Waals surface area contributed by atoms with Crippen molar-refractivity contribution < 1.29 is 13.9 Å². The first-order valence-electron chi connectivity index (χ1n) is 7.06. The van der Waals surface area contributed by atoms with Gasteiger partial charge >= 0.3 is 6.09 Å². The molecule has 1 aromatic carbocycles. The number of amides is 1. The summed E-state index contributed by atoms with van der Waals surface area (Å²) in [6, 6.07) is 1.85. The molecular weight excluding hydrogens is 337 g/mol. The highest BCUT2D eigenvalue weighted by Gasteiger charge is 2.28. The van der Waals surface area contributed by atoms with E-state index in [1.807, 2.05) is 33.8 Å². The lowest BCUT2D eigenvalue weighted by atomic mass is 9.93. The molecule has 0 unspecified atom stereocenters. The van der Waals surface area contributed by atoms with Crippen molar-refractivity contribution in [1.82, 2.24) is 4.90 Å². The van der Waals surface area contributed by atoms with E-state index in [2.05, 4.69) is 15.9 Å². The van der Waals surface area contributed by atoms with Gasteiger partial charge < -0.3 is 9.64 Å². The number of halogens is 2. The van der Waals surface area contributed by atoms with Gasteiger partial charge in [0.25, 0.3) is 0 Å². The van der Waals surface area contributed by atoms with E-state index in [1.165, 1.54) is 0 Å². The zero-order valence-electron chi connectivity index (χ0n) is 12.9. The van der Waals surface area contributed by atoms with Crippen molar-refractivity contribution in [2.24, 2.45) is 0 Å². The average molecular weight is 358 g/mol.